The van der Waals surface area contributed by atoms with E-state index in [1.54, 1.807) is 18.0 Å². The van der Waals surface area contributed by atoms with Crippen LogP contribution < -0.4 is 5.14 Å². The summed E-state index contributed by atoms with van der Waals surface area (Å²) < 4.78 is 23.2. The quantitative estimate of drug-likeness (QED) is 0.836. The first kappa shape index (κ1) is 18.5. The van der Waals surface area contributed by atoms with Crippen molar-refractivity contribution in [2.24, 2.45) is 10.1 Å². The first-order valence-electron chi connectivity index (χ1n) is 7.09. The van der Waals surface area contributed by atoms with E-state index in [1.807, 2.05) is 13.8 Å². The summed E-state index contributed by atoms with van der Waals surface area (Å²) in [6.07, 6.45) is 0.896. The van der Waals surface area contributed by atoms with Crippen molar-refractivity contribution in [1.29, 1.82) is 0 Å². The van der Waals surface area contributed by atoms with Crippen LogP contribution in [0, 0.1) is 0 Å². The summed E-state index contributed by atoms with van der Waals surface area (Å²) >= 11 is 7.33. The van der Waals surface area contributed by atoms with E-state index in [0.717, 1.165) is 6.42 Å². The number of hydrogen-bond acceptors (Lipinski definition) is 5. The number of amidine groups is 1. The highest BCUT2D eigenvalue weighted by Gasteiger charge is 2.43. The molecule has 2 unspecified atom stereocenters. The number of thioether (sulfide) groups is 1. The van der Waals surface area contributed by atoms with Gasteiger partial charge in [0.15, 0.2) is 10.9 Å². The molecule has 1 saturated heterocycles. The van der Waals surface area contributed by atoms with Crippen molar-refractivity contribution >= 4 is 38.6 Å². The molecule has 9 heteroatoms. The van der Waals surface area contributed by atoms with Gasteiger partial charge < -0.3 is 10.0 Å². The fourth-order valence-corrected chi connectivity index (χ4v) is 4.53. The second-order valence-corrected chi connectivity index (χ2v) is 8.40. The van der Waals surface area contributed by atoms with Gasteiger partial charge in [0.05, 0.1) is 10.8 Å². The Balaban J connectivity index is 2.44. The van der Waals surface area contributed by atoms with E-state index in [1.165, 1.54) is 23.9 Å². The normalized spacial score (nSPS) is 25.1. The molecule has 1 aromatic rings. The van der Waals surface area contributed by atoms with Gasteiger partial charge in [0, 0.05) is 18.7 Å². The zero-order valence-corrected chi connectivity index (χ0v) is 15.5. The third-order valence-corrected chi connectivity index (χ3v) is 6.44. The highest BCUT2D eigenvalue weighted by Crippen LogP contribution is 2.39. The molecule has 23 heavy (non-hydrogen) atoms. The first-order valence-corrected chi connectivity index (χ1v) is 10.00. The number of aliphatic hydroxyl groups is 1. The predicted octanol–water partition coefficient (Wildman–Crippen LogP) is 1.97. The monoisotopic (exact) mass is 377 g/mol. The molecule has 2 rings (SSSR count). The average Bonchev–Trinajstić information content (AvgIpc) is 2.76. The largest absolute Gasteiger partial charge is 0.366 e. The number of rotatable bonds is 4. The fraction of sp³-hybridized carbons (Fsp3) is 0.500. The summed E-state index contributed by atoms with van der Waals surface area (Å²) in [5.74, 6) is 0.338. The molecule has 1 aromatic carbocycles. The van der Waals surface area contributed by atoms with Crippen molar-refractivity contribution in [3.8, 4) is 0 Å². The molecule has 0 spiro atoms. The first-order chi connectivity index (χ1) is 10.6. The van der Waals surface area contributed by atoms with E-state index < -0.39 is 15.7 Å². The third kappa shape index (κ3) is 3.66. The number of aliphatic imine (C=N–C) groups is 1. The Morgan fingerprint density at radius 1 is 1.57 bits per heavy atom. The van der Waals surface area contributed by atoms with Crippen LogP contribution in [0.3, 0.4) is 0 Å². The van der Waals surface area contributed by atoms with E-state index in [4.69, 9.17) is 16.7 Å². The Kier molecular flexibility index (Phi) is 5.32. The highest BCUT2D eigenvalue weighted by molar-refractivity contribution is 8.14. The minimum Gasteiger partial charge on any atom is -0.366 e. The number of halogens is 1. The molecule has 0 aromatic heterocycles. The average molecular weight is 378 g/mol. The van der Waals surface area contributed by atoms with Gasteiger partial charge in [0.1, 0.15) is 4.90 Å². The van der Waals surface area contributed by atoms with Crippen LogP contribution in [0.4, 0.5) is 0 Å². The zero-order valence-electron chi connectivity index (χ0n) is 13.2. The SMILES string of the molecule is CCC(C)N=C1SCC(O)(c2ccc(Cl)c(S(N)(=O)=O)c2)N1C. The maximum Gasteiger partial charge on any atom is 0.239 e. The van der Waals surface area contributed by atoms with Gasteiger partial charge in [-0.1, -0.05) is 36.4 Å². The molecule has 0 amide bonds. The molecule has 1 aliphatic rings. The van der Waals surface area contributed by atoms with Crippen LogP contribution in [-0.2, 0) is 15.7 Å². The summed E-state index contributed by atoms with van der Waals surface area (Å²) in [4.78, 5) is 6.02. The molecule has 2 atom stereocenters. The molecule has 1 heterocycles. The molecular formula is C14H20ClN3O3S2. The van der Waals surface area contributed by atoms with E-state index in [0.29, 0.717) is 16.5 Å². The third-order valence-electron chi connectivity index (χ3n) is 3.87. The molecule has 0 radical (unpaired) electrons. The fourth-order valence-electron chi connectivity index (χ4n) is 2.17. The van der Waals surface area contributed by atoms with E-state index >= 15 is 0 Å². The number of nitrogens with zero attached hydrogens (tertiary/aromatic N) is 2. The Bertz CT molecular complexity index is 739. The highest BCUT2D eigenvalue weighted by atomic mass is 35.5. The lowest BCUT2D eigenvalue weighted by Gasteiger charge is -2.31. The van der Waals surface area contributed by atoms with Crippen molar-refractivity contribution in [2.75, 3.05) is 12.8 Å². The summed E-state index contributed by atoms with van der Waals surface area (Å²) in [6, 6.07) is 4.49. The molecular weight excluding hydrogens is 358 g/mol. The number of benzene rings is 1. The van der Waals surface area contributed by atoms with Gasteiger partial charge in [-0.2, -0.15) is 0 Å². The van der Waals surface area contributed by atoms with Crippen LogP contribution in [0.2, 0.25) is 5.02 Å². The molecule has 0 bridgehead atoms. The number of hydrogen-bond donors (Lipinski definition) is 2. The van der Waals surface area contributed by atoms with Gasteiger partial charge >= 0.3 is 0 Å². The van der Waals surface area contributed by atoms with E-state index in [2.05, 4.69) is 4.99 Å². The summed E-state index contributed by atoms with van der Waals surface area (Å²) in [7, 11) is -2.24. The Labute approximate surface area is 145 Å². The second-order valence-electron chi connectivity index (χ2n) is 5.52. The molecule has 128 valence electrons. The van der Waals surface area contributed by atoms with Crippen LogP contribution >= 0.6 is 23.4 Å². The maximum atomic E-state index is 11.6. The Morgan fingerprint density at radius 3 is 2.78 bits per heavy atom. The van der Waals surface area contributed by atoms with Crippen molar-refractivity contribution in [3.05, 3.63) is 28.8 Å². The van der Waals surface area contributed by atoms with Crippen molar-refractivity contribution in [2.45, 2.75) is 36.9 Å². The second kappa shape index (κ2) is 6.60. The van der Waals surface area contributed by atoms with Crippen LogP contribution in [0.15, 0.2) is 28.1 Å². The smallest absolute Gasteiger partial charge is 0.239 e. The lowest BCUT2D eigenvalue weighted by molar-refractivity contribution is -0.0351. The minimum absolute atomic E-state index is 0.0293. The number of sulfonamides is 1. The van der Waals surface area contributed by atoms with Crippen LogP contribution in [-0.4, -0.2) is 42.4 Å². The summed E-state index contributed by atoms with van der Waals surface area (Å²) in [5, 5.41) is 16.9. The van der Waals surface area contributed by atoms with Crippen molar-refractivity contribution in [3.63, 3.8) is 0 Å². The molecule has 3 N–H and O–H groups in total. The van der Waals surface area contributed by atoms with Crippen LogP contribution in [0.25, 0.3) is 0 Å². The summed E-state index contributed by atoms with van der Waals surface area (Å²) in [6.45, 7) is 4.04. The Hall–Kier alpha value is -0.800. The zero-order chi connectivity index (χ0) is 17.4. The predicted molar refractivity (Wildman–Crippen MR) is 94.1 cm³/mol. The molecule has 1 aliphatic heterocycles. The lowest BCUT2D eigenvalue weighted by atomic mass is 10.0. The van der Waals surface area contributed by atoms with Crippen LogP contribution in [0.1, 0.15) is 25.8 Å². The number of primary sulfonamides is 1. The lowest BCUT2D eigenvalue weighted by Crippen LogP contribution is -2.42. The van der Waals surface area contributed by atoms with Gasteiger partial charge in [0.2, 0.25) is 10.0 Å². The van der Waals surface area contributed by atoms with E-state index in [9.17, 15) is 13.5 Å². The van der Waals surface area contributed by atoms with Gasteiger partial charge in [-0.3, -0.25) is 4.99 Å². The Morgan fingerprint density at radius 2 is 2.22 bits per heavy atom. The van der Waals surface area contributed by atoms with E-state index in [-0.39, 0.29) is 16.0 Å². The molecule has 0 aliphatic carbocycles. The number of nitrogens with two attached hydrogens (primary N) is 1. The van der Waals surface area contributed by atoms with Gasteiger partial charge in [-0.05, 0) is 25.5 Å². The topological polar surface area (TPSA) is 96.0 Å². The van der Waals surface area contributed by atoms with Crippen LogP contribution in [0.5, 0.6) is 0 Å². The minimum atomic E-state index is -3.96. The standard InChI is InChI=1S/C14H20ClN3O3S2/c1-4-9(2)17-13-18(3)14(19,8-22-13)10-5-6-11(15)12(7-10)23(16,20)21/h5-7,9,19H,4,8H2,1-3H3,(H2,16,20,21). The van der Waals surface area contributed by atoms with Crippen molar-refractivity contribution < 1.29 is 13.5 Å². The molecule has 0 saturated carbocycles. The van der Waals surface area contributed by atoms with Gasteiger partial charge in [0.25, 0.3) is 0 Å². The van der Waals surface area contributed by atoms with Gasteiger partial charge in [-0.25, -0.2) is 13.6 Å². The summed E-state index contributed by atoms with van der Waals surface area (Å²) in [5.41, 5.74) is -0.948. The molecule has 1 fully saturated rings. The molecule has 6 nitrogen and oxygen atoms in total. The maximum absolute atomic E-state index is 11.6. The van der Waals surface area contributed by atoms with Gasteiger partial charge in [-0.15, -0.1) is 0 Å². The van der Waals surface area contributed by atoms with Crippen molar-refractivity contribution in [1.82, 2.24) is 4.90 Å².